The number of rotatable bonds is 11. The molecular formula is C60H39F5. The van der Waals surface area contributed by atoms with Gasteiger partial charge in [0.1, 0.15) is 0 Å². The van der Waals surface area contributed by atoms with Gasteiger partial charge in [-0.05, 0) is 101 Å². The van der Waals surface area contributed by atoms with Crippen LogP contribution in [0.15, 0.2) is 200 Å². The molecule has 9 aromatic rings. The zero-order valence-electron chi connectivity index (χ0n) is 34.9. The molecule has 0 aromatic heterocycles. The molecule has 9 aromatic carbocycles. The first-order valence-electron chi connectivity index (χ1n) is 21.1. The van der Waals surface area contributed by atoms with Crippen molar-refractivity contribution in [1.29, 1.82) is 0 Å². The first kappa shape index (κ1) is 42.2. The quantitative estimate of drug-likeness (QED) is 0.0526. The molecule has 0 nitrogen and oxygen atoms in total. The smallest absolute Gasteiger partial charge is 0.200 e. The first-order valence-corrected chi connectivity index (χ1v) is 21.1. The third kappa shape index (κ3) is 9.18. The van der Waals surface area contributed by atoms with Gasteiger partial charge in [-0.15, -0.1) is 0 Å². The molecule has 0 N–H and O–H groups in total. The Labute approximate surface area is 375 Å². The van der Waals surface area contributed by atoms with Crippen LogP contribution in [-0.2, 0) is 0 Å². The molecule has 0 fully saturated rings. The van der Waals surface area contributed by atoms with Crippen LogP contribution in [0.1, 0.15) is 55.6 Å². The second kappa shape index (κ2) is 19.1. The van der Waals surface area contributed by atoms with Crippen LogP contribution in [0.4, 0.5) is 22.0 Å². The van der Waals surface area contributed by atoms with Gasteiger partial charge in [-0.1, -0.05) is 218 Å². The fraction of sp³-hybridized carbons (Fsp3) is 0. The Morgan fingerprint density at radius 2 is 0.646 bits per heavy atom. The molecule has 0 unspecified atom stereocenters. The van der Waals surface area contributed by atoms with Crippen molar-refractivity contribution in [1.82, 2.24) is 0 Å². The molecule has 0 aliphatic rings. The Hall–Kier alpha value is -8.15. The molecule has 65 heavy (non-hydrogen) atoms. The average Bonchev–Trinajstić information content (AvgIpc) is 3.37. The predicted molar refractivity (Wildman–Crippen MR) is 260 cm³/mol. The van der Waals surface area contributed by atoms with Crippen LogP contribution in [0.2, 0.25) is 0 Å². The van der Waals surface area contributed by atoms with Gasteiger partial charge in [0.15, 0.2) is 23.3 Å². The van der Waals surface area contributed by atoms with Gasteiger partial charge in [-0.2, -0.15) is 0 Å². The van der Waals surface area contributed by atoms with E-state index in [0.717, 1.165) is 55.7 Å². The average molecular weight is 855 g/mol. The van der Waals surface area contributed by atoms with Crippen molar-refractivity contribution >= 4 is 58.4 Å². The highest BCUT2D eigenvalue weighted by atomic mass is 19.2. The zero-order chi connectivity index (χ0) is 44.7. The molecule has 0 radical (unpaired) electrons. The van der Waals surface area contributed by atoms with Gasteiger partial charge in [-0.25, -0.2) is 22.0 Å². The summed E-state index contributed by atoms with van der Waals surface area (Å²) in [5, 5.41) is 0.890. The summed E-state index contributed by atoms with van der Waals surface area (Å²) in [6.45, 7) is 0. The minimum Gasteiger partial charge on any atom is -0.203 e. The number of halogens is 5. The van der Waals surface area contributed by atoms with Crippen molar-refractivity contribution in [3.63, 3.8) is 0 Å². The maximum Gasteiger partial charge on any atom is 0.200 e. The summed E-state index contributed by atoms with van der Waals surface area (Å²) in [6.07, 6.45) is 11.8. The molecule has 0 spiro atoms. The second-order valence-corrected chi connectivity index (χ2v) is 15.5. The summed E-state index contributed by atoms with van der Waals surface area (Å²) in [6, 6.07) is 65.1. The summed E-state index contributed by atoms with van der Waals surface area (Å²) < 4.78 is 74.9. The van der Waals surface area contributed by atoms with Gasteiger partial charge in [0.2, 0.25) is 5.82 Å². The van der Waals surface area contributed by atoms with Gasteiger partial charge in [-0.3, -0.25) is 0 Å². The third-order valence-corrected chi connectivity index (χ3v) is 11.3. The normalized spacial score (nSPS) is 11.3. The van der Waals surface area contributed by atoms with Crippen molar-refractivity contribution in [2.75, 3.05) is 0 Å². The maximum absolute atomic E-state index is 15.6. The Morgan fingerprint density at radius 1 is 0.308 bits per heavy atom. The van der Waals surface area contributed by atoms with Crippen LogP contribution in [0.25, 0.3) is 69.5 Å². The fourth-order valence-electron chi connectivity index (χ4n) is 8.03. The van der Waals surface area contributed by atoms with E-state index in [1.165, 1.54) is 6.07 Å². The summed E-state index contributed by atoms with van der Waals surface area (Å²) in [7, 11) is 0. The minimum absolute atomic E-state index is 0.121. The van der Waals surface area contributed by atoms with Crippen molar-refractivity contribution in [2.24, 2.45) is 0 Å². The molecule has 0 saturated carbocycles. The Kier molecular flexibility index (Phi) is 12.4. The zero-order valence-corrected chi connectivity index (χ0v) is 34.9. The van der Waals surface area contributed by atoms with E-state index in [2.05, 4.69) is 60.7 Å². The lowest BCUT2D eigenvalue weighted by Crippen LogP contribution is -2.05. The highest BCUT2D eigenvalue weighted by Crippen LogP contribution is 2.40. The van der Waals surface area contributed by atoms with Gasteiger partial charge in [0.25, 0.3) is 0 Å². The molecule has 0 aliphatic carbocycles. The topological polar surface area (TPSA) is 0 Å². The molecule has 0 amide bonds. The molecule has 314 valence electrons. The lowest BCUT2D eigenvalue weighted by atomic mass is 9.89. The summed E-state index contributed by atoms with van der Waals surface area (Å²) in [5.74, 6) is -9.99. The molecule has 0 heterocycles. The van der Waals surface area contributed by atoms with Gasteiger partial charge < -0.3 is 0 Å². The monoisotopic (exact) mass is 854 g/mol. The first-order chi connectivity index (χ1) is 31.8. The predicted octanol–water partition coefficient (Wildman–Crippen LogP) is 16.7. The van der Waals surface area contributed by atoms with E-state index < -0.39 is 34.6 Å². The van der Waals surface area contributed by atoms with E-state index in [1.54, 1.807) is 30.3 Å². The highest BCUT2D eigenvalue weighted by molar-refractivity contribution is 6.05. The maximum atomic E-state index is 15.6. The van der Waals surface area contributed by atoms with Gasteiger partial charge in [0, 0.05) is 0 Å². The lowest BCUT2D eigenvalue weighted by molar-refractivity contribution is 0.381. The Morgan fingerprint density at radius 3 is 1.06 bits per heavy atom. The van der Waals surface area contributed by atoms with Crippen LogP contribution < -0.4 is 0 Å². The van der Waals surface area contributed by atoms with E-state index in [9.17, 15) is 13.2 Å². The molecule has 0 bridgehead atoms. The molecule has 0 saturated heterocycles. The molecule has 5 heteroatoms. The van der Waals surface area contributed by atoms with E-state index in [4.69, 9.17) is 0 Å². The van der Waals surface area contributed by atoms with Crippen molar-refractivity contribution in [3.05, 3.63) is 285 Å². The number of benzene rings is 9. The van der Waals surface area contributed by atoms with Crippen molar-refractivity contribution in [2.45, 2.75) is 0 Å². The second-order valence-electron chi connectivity index (χ2n) is 15.5. The van der Waals surface area contributed by atoms with Crippen LogP contribution >= 0.6 is 0 Å². The fourth-order valence-corrected chi connectivity index (χ4v) is 8.03. The molecule has 9 rings (SSSR count). The van der Waals surface area contributed by atoms with Crippen LogP contribution in [0, 0.1) is 29.1 Å². The van der Waals surface area contributed by atoms with Crippen LogP contribution in [0.3, 0.4) is 0 Å². The van der Waals surface area contributed by atoms with Crippen LogP contribution in [-0.4, -0.2) is 0 Å². The Bertz CT molecular complexity index is 3130. The van der Waals surface area contributed by atoms with Gasteiger partial charge in [0.05, 0.1) is 5.56 Å². The standard InChI is InChI=1S/C60H39F5/c61-56-55(57(62)59(64)60(65)58(56)63)54-39-48(35-33-40-25-29-42(30-26-40)37-52(44-15-5-1-6-16-44)45-17-7-2-8-18-45)49(50-23-13-14-24-51(50)54)36-34-41-27-31-43(32-28-41)38-53(46-19-9-3-10-20-46)47-21-11-4-12-22-47/h1-39H. The number of hydrogen-bond acceptors (Lipinski definition) is 0. The van der Waals surface area contributed by atoms with Crippen molar-refractivity contribution in [3.8, 4) is 11.1 Å². The SMILES string of the molecule is Fc1c(F)c(F)c(-c2cc(C=Cc3ccc(C=C(c4ccccc4)c4ccccc4)cc3)c(C=Cc3ccc(C=C(c4ccccc4)c4ccccc4)cc3)c3ccccc23)c(F)c1F. The van der Waals surface area contributed by atoms with Crippen LogP contribution in [0.5, 0.6) is 0 Å². The third-order valence-electron chi connectivity index (χ3n) is 11.3. The lowest BCUT2D eigenvalue weighted by Gasteiger charge is -2.16. The number of hydrogen-bond donors (Lipinski definition) is 0. The highest BCUT2D eigenvalue weighted by Gasteiger charge is 2.28. The summed E-state index contributed by atoms with van der Waals surface area (Å²) in [4.78, 5) is 0. The molecule has 0 aliphatic heterocycles. The molecule has 0 atom stereocenters. The molecular weight excluding hydrogens is 816 g/mol. The largest absolute Gasteiger partial charge is 0.203 e. The number of fused-ring (bicyclic) bond motifs is 1. The van der Waals surface area contributed by atoms with E-state index in [1.807, 2.05) is 140 Å². The van der Waals surface area contributed by atoms with E-state index >= 15 is 8.78 Å². The summed E-state index contributed by atoms with van der Waals surface area (Å²) >= 11 is 0. The van der Waals surface area contributed by atoms with E-state index in [-0.39, 0.29) is 5.56 Å². The minimum atomic E-state index is -2.21. The van der Waals surface area contributed by atoms with Gasteiger partial charge >= 0.3 is 0 Å². The summed E-state index contributed by atoms with van der Waals surface area (Å²) in [5.41, 5.74) is 10.3. The van der Waals surface area contributed by atoms with Crippen molar-refractivity contribution < 1.29 is 22.0 Å². The Balaban J connectivity index is 1.11. The van der Waals surface area contributed by atoms with E-state index in [0.29, 0.717) is 21.9 Å².